The Labute approximate surface area is 362 Å². The van der Waals surface area contributed by atoms with Crippen LogP contribution in [0.3, 0.4) is 0 Å². The number of rotatable bonds is 10. The average Bonchev–Trinajstić information content (AvgIpc) is 3.92. The van der Waals surface area contributed by atoms with Gasteiger partial charge in [-0.25, -0.2) is 14.0 Å². The molecule has 7 rings (SSSR count). The van der Waals surface area contributed by atoms with Gasteiger partial charge in [-0.1, -0.05) is 35.7 Å². The number of anilines is 2. The number of likely N-dealkylation sites (tertiary alicyclic amines) is 1. The van der Waals surface area contributed by atoms with Crippen LogP contribution in [0, 0.1) is 29.5 Å². The standard InChI is InChI=1S/C45H46ClFN6O7S/c1-10-25-11-13-26(14-12-25)23-57-37-35(29-15-16-33(47)38-34(29)31(19-48)40(61-38)51-42(54)59-44(3,4)5)32(46)18-30-36(37)49-41(58-22-24(2)56-9)50-39(30)52-20-28-17-27(52)21-53(28)43(55)60-45(6,7)8/h1,11-16,18,24,27-28H,17,20-23H2,2-9H3,(H,51,54)/t24-,27-,28-/m0/s1. The lowest BCUT2D eigenvalue weighted by atomic mass is 9.96. The van der Waals surface area contributed by atoms with Gasteiger partial charge in [0.05, 0.1) is 33.5 Å². The minimum atomic E-state index is -0.826. The van der Waals surface area contributed by atoms with Gasteiger partial charge in [0, 0.05) is 42.1 Å². The number of benzene rings is 3. The fourth-order valence-electron chi connectivity index (χ4n) is 7.40. The monoisotopic (exact) mass is 868 g/mol. The zero-order chi connectivity index (χ0) is 44.0. The minimum Gasteiger partial charge on any atom is -0.486 e. The van der Waals surface area contributed by atoms with Gasteiger partial charge in [-0.05, 0) is 90.3 Å². The van der Waals surface area contributed by atoms with Crippen molar-refractivity contribution < 1.29 is 37.7 Å². The quantitative estimate of drug-likeness (QED) is 0.134. The van der Waals surface area contributed by atoms with E-state index in [2.05, 4.69) is 22.2 Å². The van der Waals surface area contributed by atoms with E-state index in [4.69, 9.17) is 51.7 Å². The zero-order valence-electron chi connectivity index (χ0n) is 35.1. The van der Waals surface area contributed by atoms with Crippen LogP contribution in [0.4, 0.5) is 24.8 Å². The van der Waals surface area contributed by atoms with Crippen molar-refractivity contribution in [1.29, 1.82) is 5.26 Å². The molecule has 3 atom stereocenters. The number of carbonyl (C=O) groups is 2. The van der Waals surface area contributed by atoms with Crippen LogP contribution in [0.5, 0.6) is 11.8 Å². The van der Waals surface area contributed by atoms with Crippen molar-refractivity contribution in [1.82, 2.24) is 14.9 Å². The van der Waals surface area contributed by atoms with Gasteiger partial charge in [0.25, 0.3) is 0 Å². The number of hydrogen-bond acceptors (Lipinski definition) is 12. The van der Waals surface area contributed by atoms with Crippen molar-refractivity contribution in [2.45, 2.75) is 90.9 Å². The summed E-state index contributed by atoms with van der Waals surface area (Å²) in [6, 6.07) is 13.8. The van der Waals surface area contributed by atoms with E-state index in [1.54, 1.807) is 51.0 Å². The first-order valence-electron chi connectivity index (χ1n) is 19.7. The second-order valence-electron chi connectivity index (χ2n) is 16.9. The SMILES string of the molecule is C#Cc1ccc(COc2c(-c3ccc(F)c4sc(NC(=O)OC(C)(C)C)c(C#N)c34)c(Cl)cc3c(N4C[C@@H]5C[C@H]4CN5C(=O)OC(C)(C)C)nc(OC[C@H](C)OC)nc23)cc1. The third-order valence-corrected chi connectivity index (χ3v) is 11.5. The number of nitriles is 1. The van der Waals surface area contributed by atoms with Crippen LogP contribution in [0.1, 0.15) is 71.6 Å². The number of amides is 2. The molecule has 4 heterocycles. The Balaban J connectivity index is 1.42. The van der Waals surface area contributed by atoms with Crippen LogP contribution >= 0.6 is 22.9 Å². The minimum absolute atomic E-state index is 0.0101. The highest BCUT2D eigenvalue weighted by Crippen LogP contribution is 2.50. The molecule has 16 heteroatoms. The molecule has 0 aliphatic carbocycles. The summed E-state index contributed by atoms with van der Waals surface area (Å²) in [5.41, 5.74) is 1.01. The first-order valence-corrected chi connectivity index (χ1v) is 20.9. The number of aromatic nitrogens is 2. The Kier molecular flexibility index (Phi) is 12.0. The van der Waals surface area contributed by atoms with Crippen molar-refractivity contribution in [3.63, 3.8) is 0 Å². The molecule has 0 radical (unpaired) electrons. The summed E-state index contributed by atoms with van der Waals surface area (Å²) in [7, 11) is 1.58. The predicted molar refractivity (Wildman–Crippen MR) is 233 cm³/mol. The molecule has 3 aromatic carbocycles. The summed E-state index contributed by atoms with van der Waals surface area (Å²) in [6.07, 6.45) is 4.84. The number of methoxy groups -OCH3 is 1. The van der Waals surface area contributed by atoms with Gasteiger partial charge in [-0.3, -0.25) is 5.32 Å². The molecule has 318 valence electrons. The maximum Gasteiger partial charge on any atom is 0.412 e. The van der Waals surface area contributed by atoms with Gasteiger partial charge in [-0.15, -0.1) is 17.8 Å². The average molecular weight is 869 g/mol. The van der Waals surface area contributed by atoms with Crippen molar-refractivity contribution in [2.24, 2.45) is 0 Å². The Morgan fingerprint density at radius 3 is 2.39 bits per heavy atom. The Morgan fingerprint density at radius 2 is 1.77 bits per heavy atom. The fourth-order valence-corrected chi connectivity index (χ4v) is 8.76. The van der Waals surface area contributed by atoms with Crippen LogP contribution in [-0.2, 0) is 20.8 Å². The maximum atomic E-state index is 15.8. The molecular weight excluding hydrogens is 823 g/mol. The number of piperazine rings is 1. The number of terminal acetylenes is 1. The molecule has 0 unspecified atom stereocenters. The van der Waals surface area contributed by atoms with Crippen LogP contribution in [0.25, 0.3) is 32.1 Å². The molecule has 2 fully saturated rings. The van der Waals surface area contributed by atoms with E-state index in [1.807, 2.05) is 39.8 Å². The van der Waals surface area contributed by atoms with E-state index in [9.17, 15) is 14.9 Å². The largest absolute Gasteiger partial charge is 0.486 e. The summed E-state index contributed by atoms with van der Waals surface area (Å²) in [4.78, 5) is 39.9. The highest BCUT2D eigenvalue weighted by atomic mass is 35.5. The molecule has 2 amide bonds. The van der Waals surface area contributed by atoms with Gasteiger partial charge in [0.15, 0.2) is 5.75 Å². The van der Waals surface area contributed by atoms with Crippen molar-refractivity contribution in [3.05, 3.63) is 70.0 Å². The van der Waals surface area contributed by atoms with Crippen LogP contribution in [0.15, 0.2) is 42.5 Å². The summed E-state index contributed by atoms with van der Waals surface area (Å²) < 4.78 is 45.4. The number of fused-ring (bicyclic) bond motifs is 4. The van der Waals surface area contributed by atoms with Gasteiger partial charge >= 0.3 is 18.2 Å². The van der Waals surface area contributed by atoms with E-state index in [-0.39, 0.29) is 74.9 Å². The summed E-state index contributed by atoms with van der Waals surface area (Å²) in [5.74, 6) is 2.73. The van der Waals surface area contributed by atoms with E-state index in [1.165, 1.54) is 12.1 Å². The lowest BCUT2D eigenvalue weighted by Gasteiger charge is -2.36. The molecular formula is C45H46ClFN6O7S. The molecule has 0 spiro atoms. The third kappa shape index (κ3) is 9.10. The molecule has 2 bridgehead atoms. The highest BCUT2D eigenvalue weighted by molar-refractivity contribution is 7.23. The van der Waals surface area contributed by atoms with Gasteiger partial charge in [0.1, 0.15) is 52.6 Å². The highest BCUT2D eigenvalue weighted by Gasteiger charge is 2.48. The number of thiophene rings is 1. The first-order chi connectivity index (χ1) is 28.9. The van der Waals surface area contributed by atoms with E-state index in [0.717, 1.165) is 16.9 Å². The van der Waals surface area contributed by atoms with Gasteiger partial charge in [-0.2, -0.15) is 15.2 Å². The van der Waals surface area contributed by atoms with Gasteiger partial charge < -0.3 is 33.5 Å². The topological polar surface area (TPSA) is 148 Å². The Bertz CT molecular complexity index is 2610. The molecule has 2 saturated heterocycles. The molecule has 1 N–H and O–H groups in total. The molecule has 2 aromatic heterocycles. The third-order valence-electron chi connectivity index (χ3n) is 10.1. The maximum absolute atomic E-state index is 15.8. The zero-order valence-corrected chi connectivity index (χ0v) is 36.7. The second-order valence-corrected chi connectivity index (χ2v) is 18.4. The van der Waals surface area contributed by atoms with E-state index < -0.39 is 23.1 Å². The molecule has 13 nitrogen and oxygen atoms in total. The van der Waals surface area contributed by atoms with Crippen LogP contribution < -0.4 is 19.7 Å². The molecule has 61 heavy (non-hydrogen) atoms. The molecule has 0 saturated carbocycles. The smallest absolute Gasteiger partial charge is 0.412 e. The first kappa shape index (κ1) is 43.2. The summed E-state index contributed by atoms with van der Waals surface area (Å²) >= 11 is 8.25. The van der Waals surface area contributed by atoms with Crippen LogP contribution in [0.2, 0.25) is 5.02 Å². The number of halogens is 2. The fraction of sp³-hybridized carbons (Fsp3) is 0.400. The number of hydrogen-bond donors (Lipinski definition) is 1. The van der Waals surface area contributed by atoms with Crippen molar-refractivity contribution in [3.8, 4) is 41.3 Å². The lowest BCUT2D eigenvalue weighted by molar-refractivity contribution is 0.0214. The predicted octanol–water partition coefficient (Wildman–Crippen LogP) is 9.69. The number of nitrogens with zero attached hydrogens (tertiary/aromatic N) is 5. The van der Waals surface area contributed by atoms with Crippen molar-refractivity contribution in [2.75, 3.05) is 37.0 Å². The number of nitrogens with one attached hydrogen (secondary N) is 1. The summed E-state index contributed by atoms with van der Waals surface area (Å²) in [5, 5.41) is 14.3. The molecule has 2 aliphatic heterocycles. The van der Waals surface area contributed by atoms with Crippen molar-refractivity contribution >= 4 is 66.9 Å². The van der Waals surface area contributed by atoms with Gasteiger partial charge in [0.2, 0.25) is 0 Å². The normalized spacial score (nSPS) is 16.7. The number of carbonyl (C=O) groups excluding carboxylic acids is 2. The number of ether oxygens (including phenoxy) is 5. The molecule has 2 aliphatic rings. The molecule has 5 aromatic rings. The second kappa shape index (κ2) is 16.9. The summed E-state index contributed by atoms with van der Waals surface area (Å²) in [6.45, 7) is 13.5. The van der Waals surface area contributed by atoms with E-state index in [0.29, 0.717) is 52.9 Å². The lowest BCUT2D eigenvalue weighted by Crippen LogP contribution is -2.50. The Morgan fingerprint density at radius 1 is 1.05 bits per heavy atom. The Hall–Kier alpha value is -5.87. The van der Waals surface area contributed by atoms with Crippen LogP contribution in [-0.4, -0.2) is 83.3 Å². The van der Waals surface area contributed by atoms with E-state index >= 15 is 4.39 Å².